The molecule has 4 heteroatoms. The molecule has 20 heavy (non-hydrogen) atoms. The summed E-state index contributed by atoms with van der Waals surface area (Å²) >= 11 is 0. The van der Waals surface area contributed by atoms with Gasteiger partial charge >= 0.3 is 0 Å². The largest absolute Gasteiger partial charge is 0.496 e. The fourth-order valence-electron chi connectivity index (χ4n) is 2.65. The first-order chi connectivity index (χ1) is 9.63. The third-order valence-corrected chi connectivity index (χ3v) is 3.80. The van der Waals surface area contributed by atoms with Crippen LogP contribution in [-0.4, -0.2) is 43.1 Å². The van der Waals surface area contributed by atoms with E-state index in [9.17, 15) is 4.79 Å². The highest BCUT2D eigenvalue weighted by atomic mass is 16.5. The number of hydrogen-bond donors (Lipinski definition) is 1. The van der Waals surface area contributed by atoms with Gasteiger partial charge in [0.1, 0.15) is 5.75 Å². The van der Waals surface area contributed by atoms with E-state index in [0.717, 1.165) is 19.5 Å². The van der Waals surface area contributed by atoms with Crippen LogP contribution in [0.1, 0.15) is 37.0 Å². The summed E-state index contributed by atoms with van der Waals surface area (Å²) in [6, 6.07) is 8.01. The van der Waals surface area contributed by atoms with Crippen LogP contribution in [-0.2, 0) is 0 Å². The van der Waals surface area contributed by atoms with E-state index in [2.05, 4.69) is 19.2 Å². The smallest absolute Gasteiger partial charge is 0.257 e. The van der Waals surface area contributed by atoms with Gasteiger partial charge in [0, 0.05) is 18.6 Å². The van der Waals surface area contributed by atoms with E-state index in [-0.39, 0.29) is 11.9 Å². The standard InChI is InChI=1S/C16H24N2O2/c1-12(2)18(11-13-7-6-10-17-13)16(19)14-8-4-5-9-15(14)20-3/h4-5,8-9,12-13,17H,6-7,10-11H2,1-3H3. The van der Waals surface area contributed by atoms with Crippen LogP contribution in [0, 0.1) is 0 Å². The van der Waals surface area contributed by atoms with Crippen molar-refractivity contribution in [1.82, 2.24) is 10.2 Å². The first-order valence-corrected chi connectivity index (χ1v) is 7.31. The maximum absolute atomic E-state index is 12.8. The van der Waals surface area contributed by atoms with Gasteiger partial charge in [-0.2, -0.15) is 0 Å². The molecule has 1 fully saturated rings. The van der Waals surface area contributed by atoms with Gasteiger partial charge in [0.25, 0.3) is 5.91 Å². The molecule has 1 unspecified atom stereocenters. The summed E-state index contributed by atoms with van der Waals surface area (Å²) in [7, 11) is 1.60. The van der Waals surface area contributed by atoms with Crippen LogP contribution in [0.4, 0.5) is 0 Å². The number of benzene rings is 1. The molecule has 0 aromatic heterocycles. The first kappa shape index (κ1) is 14.9. The number of carbonyl (C=O) groups excluding carboxylic acids is 1. The normalized spacial score (nSPS) is 18.3. The van der Waals surface area contributed by atoms with Gasteiger partial charge in [0.15, 0.2) is 0 Å². The second-order valence-corrected chi connectivity index (χ2v) is 5.54. The number of methoxy groups -OCH3 is 1. The average molecular weight is 276 g/mol. The van der Waals surface area contributed by atoms with Gasteiger partial charge in [-0.15, -0.1) is 0 Å². The Labute approximate surface area is 121 Å². The molecule has 0 bridgehead atoms. The average Bonchev–Trinajstić information content (AvgIpc) is 2.96. The van der Waals surface area contributed by atoms with E-state index in [0.29, 0.717) is 17.4 Å². The Balaban J connectivity index is 2.17. The minimum atomic E-state index is 0.0474. The van der Waals surface area contributed by atoms with E-state index in [1.807, 2.05) is 29.2 Å². The first-order valence-electron chi connectivity index (χ1n) is 7.31. The Morgan fingerprint density at radius 1 is 1.45 bits per heavy atom. The zero-order chi connectivity index (χ0) is 14.5. The highest BCUT2D eigenvalue weighted by Gasteiger charge is 2.25. The van der Waals surface area contributed by atoms with Crippen LogP contribution in [0.3, 0.4) is 0 Å². The fraction of sp³-hybridized carbons (Fsp3) is 0.562. The summed E-state index contributed by atoms with van der Waals surface area (Å²) in [6.45, 7) is 5.93. The summed E-state index contributed by atoms with van der Waals surface area (Å²) in [5.74, 6) is 0.689. The Kier molecular flexibility index (Phi) is 5.01. The number of hydrogen-bond acceptors (Lipinski definition) is 3. The second kappa shape index (κ2) is 6.75. The van der Waals surface area contributed by atoms with Crippen LogP contribution in [0.15, 0.2) is 24.3 Å². The Bertz CT molecular complexity index is 454. The number of nitrogens with one attached hydrogen (secondary N) is 1. The van der Waals surface area contributed by atoms with Crippen LogP contribution >= 0.6 is 0 Å². The number of nitrogens with zero attached hydrogens (tertiary/aromatic N) is 1. The van der Waals surface area contributed by atoms with Crippen LogP contribution in [0.2, 0.25) is 0 Å². The molecule has 0 saturated carbocycles. The van der Waals surface area contributed by atoms with E-state index < -0.39 is 0 Å². The lowest BCUT2D eigenvalue weighted by atomic mass is 10.1. The van der Waals surface area contributed by atoms with Crippen molar-refractivity contribution >= 4 is 5.91 Å². The molecular weight excluding hydrogens is 252 g/mol. The zero-order valence-electron chi connectivity index (χ0n) is 12.6. The molecule has 1 aromatic carbocycles. The molecule has 2 rings (SSSR count). The SMILES string of the molecule is COc1ccccc1C(=O)N(CC1CCCN1)C(C)C. The highest BCUT2D eigenvalue weighted by Crippen LogP contribution is 2.21. The second-order valence-electron chi connectivity index (χ2n) is 5.54. The predicted octanol–water partition coefficient (Wildman–Crippen LogP) is 2.30. The minimum absolute atomic E-state index is 0.0474. The summed E-state index contributed by atoms with van der Waals surface area (Å²) in [5.41, 5.74) is 0.640. The van der Waals surface area contributed by atoms with Crippen molar-refractivity contribution in [2.45, 2.75) is 38.8 Å². The number of rotatable bonds is 5. The summed E-state index contributed by atoms with van der Waals surface area (Å²) in [5, 5.41) is 3.45. The number of para-hydroxylation sites is 1. The van der Waals surface area contributed by atoms with Gasteiger partial charge in [-0.25, -0.2) is 0 Å². The molecule has 1 aromatic rings. The van der Waals surface area contributed by atoms with Gasteiger partial charge < -0.3 is 15.0 Å². The van der Waals surface area contributed by atoms with Crippen molar-refractivity contribution in [3.63, 3.8) is 0 Å². The van der Waals surface area contributed by atoms with Gasteiger partial charge in [0.05, 0.1) is 12.7 Å². The molecule has 1 atom stereocenters. The molecule has 1 amide bonds. The topological polar surface area (TPSA) is 41.6 Å². The molecule has 0 spiro atoms. The molecule has 0 radical (unpaired) electrons. The van der Waals surface area contributed by atoms with Crippen molar-refractivity contribution in [3.8, 4) is 5.75 Å². The predicted molar refractivity (Wildman–Crippen MR) is 80.2 cm³/mol. The Morgan fingerprint density at radius 2 is 2.20 bits per heavy atom. The lowest BCUT2D eigenvalue weighted by molar-refractivity contribution is 0.0685. The highest BCUT2D eigenvalue weighted by molar-refractivity contribution is 5.97. The van der Waals surface area contributed by atoms with E-state index in [4.69, 9.17) is 4.74 Å². The minimum Gasteiger partial charge on any atom is -0.496 e. The Hall–Kier alpha value is -1.55. The van der Waals surface area contributed by atoms with Gasteiger partial charge in [-0.1, -0.05) is 12.1 Å². The molecular formula is C16H24N2O2. The summed E-state index contributed by atoms with van der Waals surface area (Å²) < 4.78 is 5.30. The number of amides is 1. The Morgan fingerprint density at radius 3 is 2.80 bits per heavy atom. The fourth-order valence-corrected chi connectivity index (χ4v) is 2.65. The molecule has 110 valence electrons. The number of ether oxygens (including phenoxy) is 1. The van der Waals surface area contributed by atoms with Crippen molar-refractivity contribution < 1.29 is 9.53 Å². The zero-order valence-corrected chi connectivity index (χ0v) is 12.6. The number of carbonyl (C=O) groups is 1. The molecule has 1 N–H and O–H groups in total. The van der Waals surface area contributed by atoms with Gasteiger partial charge in [0.2, 0.25) is 0 Å². The third kappa shape index (κ3) is 3.31. The monoisotopic (exact) mass is 276 g/mol. The van der Waals surface area contributed by atoms with Crippen molar-refractivity contribution in [2.75, 3.05) is 20.2 Å². The van der Waals surface area contributed by atoms with Crippen LogP contribution in [0.25, 0.3) is 0 Å². The van der Waals surface area contributed by atoms with Gasteiger partial charge in [-0.3, -0.25) is 4.79 Å². The molecule has 1 aliphatic rings. The van der Waals surface area contributed by atoms with E-state index in [1.165, 1.54) is 6.42 Å². The maximum Gasteiger partial charge on any atom is 0.257 e. The van der Waals surface area contributed by atoms with E-state index >= 15 is 0 Å². The lowest BCUT2D eigenvalue weighted by Gasteiger charge is -2.30. The molecule has 1 heterocycles. The van der Waals surface area contributed by atoms with Crippen molar-refractivity contribution in [2.24, 2.45) is 0 Å². The summed E-state index contributed by atoms with van der Waals surface area (Å²) in [4.78, 5) is 14.7. The molecule has 4 nitrogen and oxygen atoms in total. The molecule has 1 saturated heterocycles. The molecule has 1 aliphatic heterocycles. The van der Waals surface area contributed by atoms with Crippen LogP contribution < -0.4 is 10.1 Å². The quantitative estimate of drug-likeness (QED) is 0.897. The maximum atomic E-state index is 12.8. The lowest BCUT2D eigenvalue weighted by Crippen LogP contribution is -2.44. The van der Waals surface area contributed by atoms with Gasteiger partial charge in [-0.05, 0) is 45.4 Å². The third-order valence-electron chi connectivity index (χ3n) is 3.80. The molecule has 0 aliphatic carbocycles. The van der Waals surface area contributed by atoms with Crippen molar-refractivity contribution in [1.29, 1.82) is 0 Å². The van der Waals surface area contributed by atoms with Crippen molar-refractivity contribution in [3.05, 3.63) is 29.8 Å². The van der Waals surface area contributed by atoms with E-state index in [1.54, 1.807) is 7.11 Å². The van der Waals surface area contributed by atoms with Crippen LogP contribution in [0.5, 0.6) is 5.75 Å². The summed E-state index contributed by atoms with van der Waals surface area (Å²) in [6.07, 6.45) is 2.34.